The van der Waals surface area contributed by atoms with Gasteiger partial charge in [-0.2, -0.15) is 0 Å². The van der Waals surface area contributed by atoms with Crippen LogP contribution in [0.5, 0.6) is 0 Å². The first-order chi connectivity index (χ1) is 4.70. The highest BCUT2D eigenvalue weighted by Crippen LogP contribution is 1.78. The summed E-state index contributed by atoms with van der Waals surface area (Å²) in [7, 11) is 1.73. The van der Waals surface area contributed by atoms with Crippen LogP contribution >= 0.6 is 0 Å². The van der Waals surface area contributed by atoms with Crippen LogP contribution in [0.2, 0.25) is 0 Å². The molecule has 10 heavy (non-hydrogen) atoms. The summed E-state index contributed by atoms with van der Waals surface area (Å²) in [4.78, 5) is 12.2. The first-order valence-electron chi connectivity index (χ1n) is 2.99. The molecule has 0 saturated carbocycles. The predicted molar refractivity (Wildman–Crippen MR) is 36.9 cm³/mol. The first kappa shape index (κ1) is 9.35. The summed E-state index contributed by atoms with van der Waals surface area (Å²) >= 11 is 0. The number of rotatable bonds is 4. The fourth-order valence-corrected chi connectivity index (χ4v) is 0.541. The van der Waals surface area contributed by atoms with Crippen LogP contribution in [0, 0.1) is 0 Å². The lowest BCUT2D eigenvalue weighted by Gasteiger charge is -2.12. The summed E-state index contributed by atoms with van der Waals surface area (Å²) in [6.07, 6.45) is 0. The normalized spacial score (nSPS) is 10.0. The van der Waals surface area contributed by atoms with Crippen LogP contribution in [0.25, 0.3) is 0 Å². The van der Waals surface area contributed by atoms with Crippen LogP contribution in [-0.4, -0.2) is 42.7 Å². The second-order valence-electron chi connectivity index (χ2n) is 2.03. The van der Waals surface area contributed by atoms with Gasteiger partial charge in [0, 0.05) is 6.54 Å². The molecular formula is C5H13N3O2. The fraction of sp³-hybridized carbons (Fsp3) is 0.800. The molecule has 0 bridgehead atoms. The van der Waals surface area contributed by atoms with E-state index >= 15 is 0 Å². The lowest BCUT2D eigenvalue weighted by Crippen LogP contribution is -2.39. The van der Waals surface area contributed by atoms with Crippen molar-refractivity contribution in [2.75, 3.05) is 26.7 Å². The smallest absolute Gasteiger partial charge is 0.248 e. The van der Waals surface area contributed by atoms with Gasteiger partial charge in [-0.25, -0.2) is 5.84 Å². The first-order valence-corrected chi connectivity index (χ1v) is 2.99. The topological polar surface area (TPSA) is 78.6 Å². The minimum atomic E-state index is -0.254. The summed E-state index contributed by atoms with van der Waals surface area (Å²) < 4.78 is 0. The number of amides is 1. The predicted octanol–water partition coefficient (Wildman–Crippen LogP) is -2.10. The summed E-state index contributed by atoms with van der Waals surface area (Å²) in [5.41, 5.74) is 1.99. The zero-order valence-corrected chi connectivity index (χ0v) is 6.00. The molecule has 5 nitrogen and oxygen atoms in total. The second kappa shape index (κ2) is 5.16. The van der Waals surface area contributed by atoms with Crippen molar-refractivity contribution in [1.29, 1.82) is 0 Å². The van der Waals surface area contributed by atoms with Gasteiger partial charge in [0.05, 0.1) is 13.2 Å². The number of carbonyl (C=O) groups excluding carboxylic acids is 1. The number of hydrazine groups is 1. The van der Waals surface area contributed by atoms with Crippen LogP contribution in [0.3, 0.4) is 0 Å². The molecule has 0 radical (unpaired) electrons. The number of hydrogen-bond donors (Lipinski definition) is 3. The van der Waals surface area contributed by atoms with Crippen molar-refractivity contribution in [3.8, 4) is 0 Å². The van der Waals surface area contributed by atoms with Crippen molar-refractivity contribution in [3.63, 3.8) is 0 Å². The monoisotopic (exact) mass is 147 g/mol. The highest BCUT2D eigenvalue weighted by molar-refractivity contribution is 5.77. The average molecular weight is 147 g/mol. The molecule has 0 aromatic heterocycles. The molecule has 0 aliphatic heterocycles. The average Bonchev–Trinajstić information content (AvgIpc) is 1.88. The van der Waals surface area contributed by atoms with E-state index < -0.39 is 0 Å². The Morgan fingerprint density at radius 3 is 2.80 bits per heavy atom. The Morgan fingerprint density at radius 1 is 1.80 bits per heavy atom. The zero-order valence-electron chi connectivity index (χ0n) is 6.00. The third kappa shape index (κ3) is 4.25. The number of aliphatic hydroxyl groups excluding tert-OH is 1. The van der Waals surface area contributed by atoms with Gasteiger partial charge in [0.25, 0.3) is 0 Å². The summed E-state index contributed by atoms with van der Waals surface area (Å²) in [5, 5.41) is 8.42. The van der Waals surface area contributed by atoms with E-state index in [2.05, 4.69) is 0 Å². The quantitative estimate of drug-likeness (QED) is 0.242. The van der Waals surface area contributed by atoms with Gasteiger partial charge in [-0.1, -0.05) is 0 Å². The van der Waals surface area contributed by atoms with Crippen LogP contribution in [-0.2, 0) is 4.79 Å². The van der Waals surface area contributed by atoms with E-state index in [1.54, 1.807) is 11.9 Å². The van der Waals surface area contributed by atoms with Crippen LogP contribution in [0.4, 0.5) is 0 Å². The molecule has 5 heteroatoms. The largest absolute Gasteiger partial charge is 0.395 e. The minimum Gasteiger partial charge on any atom is -0.395 e. The number of aliphatic hydroxyl groups is 1. The highest BCUT2D eigenvalue weighted by Gasteiger charge is 2.02. The molecule has 0 aliphatic rings. The third-order valence-corrected chi connectivity index (χ3v) is 1.06. The van der Waals surface area contributed by atoms with Gasteiger partial charge in [-0.15, -0.1) is 0 Å². The highest BCUT2D eigenvalue weighted by atomic mass is 16.3. The molecule has 0 rings (SSSR count). The lowest BCUT2D eigenvalue weighted by molar-refractivity contribution is -0.122. The van der Waals surface area contributed by atoms with Gasteiger partial charge in [0.2, 0.25) is 5.91 Å². The van der Waals surface area contributed by atoms with Crippen molar-refractivity contribution in [3.05, 3.63) is 0 Å². The minimum absolute atomic E-state index is 0.0500. The molecule has 1 amide bonds. The molecule has 4 N–H and O–H groups in total. The molecule has 0 fully saturated rings. The van der Waals surface area contributed by atoms with Gasteiger partial charge in [0.1, 0.15) is 0 Å². The Hall–Kier alpha value is -0.650. The van der Waals surface area contributed by atoms with Crippen molar-refractivity contribution < 1.29 is 9.90 Å². The van der Waals surface area contributed by atoms with Crippen molar-refractivity contribution >= 4 is 5.91 Å². The van der Waals surface area contributed by atoms with Crippen molar-refractivity contribution in [1.82, 2.24) is 10.3 Å². The SMILES string of the molecule is CN(CCO)CC(=O)NN. The van der Waals surface area contributed by atoms with E-state index in [-0.39, 0.29) is 19.1 Å². The molecule has 60 valence electrons. The van der Waals surface area contributed by atoms with E-state index in [1.165, 1.54) is 0 Å². The van der Waals surface area contributed by atoms with Gasteiger partial charge in [0.15, 0.2) is 0 Å². The van der Waals surface area contributed by atoms with Crippen LogP contribution in [0.15, 0.2) is 0 Å². The molecule has 0 unspecified atom stereocenters. The van der Waals surface area contributed by atoms with Gasteiger partial charge >= 0.3 is 0 Å². The van der Waals surface area contributed by atoms with Crippen LogP contribution in [0.1, 0.15) is 0 Å². The van der Waals surface area contributed by atoms with Gasteiger partial charge in [-0.3, -0.25) is 15.1 Å². The summed E-state index contributed by atoms with van der Waals surface area (Å²) in [5.74, 6) is 4.57. The molecule has 0 aromatic carbocycles. The number of nitrogens with two attached hydrogens (primary N) is 1. The van der Waals surface area contributed by atoms with Crippen LogP contribution < -0.4 is 11.3 Å². The van der Waals surface area contributed by atoms with Gasteiger partial charge in [-0.05, 0) is 7.05 Å². The van der Waals surface area contributed by atoms with E-state index in [0.29, 0.717) is 6.54 Å². The van der Waals surface area contributed by atoms with Crippen molar-refractivity contribution in [2.24, 2.45) is 5.84 Å². The molecular weight excluding hydrogens is 134 g/mol. The van der Waals surface area contributed by atoms with E-state index in [9.17, 15) is 4.79 Å². The second-order valence-corrected chi connectivity index (χ2v) is 2.03. The standard InChI is InChI=1S/C5H13N3O2/c1-8(2-3-9)4-5(10)7-6/h9H,2-4,6H2,1H3,(H,7,10). The Labute approximate surface area is 59.8 Å². The van der Waals surface area contributed by atoms with E-state index in [1.807, 2.05) is 5.43 Å². The van der Waals surface area contributed by atoms with Gasteiger partial charge < -0.3 is 5.11 Å². The molecule has 0 spiro atoms. The lowest BCUT2D eigenvalue weighted by atomic mass is 10.5. The summed E-state index contributed by atoms with van der Waals surface area (Å²) in [6.45, 7) is 0.749. The Bertz CT molecular complexity index is 107. The maximum atomic E-state index is 10.5. The molecule has 0 heterocycles. The van der Waals surface area contributed by atoms with E-state index in [0.717, 1.165) is 0 Å². The maximum Gasteiger partial charge on any atom is 0.248 e. The number of carbonyl (C=O) groups is 1. The Kier molecular flexibility index (Phi) is 4.82. The zero-order chi connectivity index (χ0) is 7.98. The number of nitrogens with zero attached hydrogens (tertiary/aromatic N) is 1. The third-order valence-electron chi connectivity index (χ3n) is 1.06. The Balaban J connectivity index is 3.37. The molecule has 0 aromatic rings. The summed E-state index contributed by atoms with van der Waals surface area (Å²) in [6, 6.07) is 0. The molecule has 0 aliphatic carbocycles. The molecule has 0 atom stereocenters. The number of hydrogen-bond acceptors (Lipinski definition) is 4. The van der Waals surface area contributed by atoms with E-state index in [4.69, 9.17) is 10.9 Å². The van der Waals surface area contributed by atoms with Crippen molar-refractivity contribution in [2.45, 2.75) is 0 Å². The number of nitrogens with one attached hydrogen (secondary N) is 1. The maximum absolute atomic E-state index is 10.5. The fourth-order valence-electron chi connectivity index (χ4n) is 0.541. The Morgan fingerprint density at radius 2 is 2.40 bits per heavy atom. The molecule has 0 saturated heterocycles. The number of likely N-dealkylation sites (N-methyl/N-ethyl adjacent to an activating group) is 1.